The molecular formula is C7H4Br2ClF. The fraction of sp³-hybridized carbons (Fsp3) is 0.143. The van der Waals surface area contributed by atoms with Gasteiger partial charge in [-0.15, -0.1) is 0 Å². The Morgan fingerprint density at radius 3 is 2.55 bits per heavy atom. The first-order chi connectivity index (χ1) is 5.15. The molecule has 0 aliphatic carbocycles. The molecule has 0 saturated heterocycles. The van der Waals surface area contributed by atoms with Crippen molar-refractivity contribution in [3.8, 4) is 0 Å². The smallest absolute Gasteiger partial charge is 0.129 e. The predicted octanol–water partition coefficient (Wildman–Crippen LogP) is 4.14. The van der Waals surface area contributed by atoms with Gasteiger partial charge in [0, 0.05) is 20.4 Å². The summed E-state index contributed by atoms with van der Waals surface area (Å²) in [5, 5.41) is 0.885. The number of hydrogen-bond donors (Lipinski definition) is 0. The molecular weight excluding hydrogens is 298 g/mol. The van der Waals surface area contributed by atoms with Crippen molar-refractivity contribution >= 4 is 43.5 Å². The fourth-order valence-electron chi connectivity index (χ4n) is 0.700. The first-order valence-corrected chi connectivity index (χ1v) is 5.13. The van der Waals surface area contributed by atoms with Crippen molar-refractivity contribution in [2.24, 2.45) is 0 Å². The molecule has 1 aromatic carbocycles. The molecule has 0 amide bonds. The second-order valence-electron chi connectivity index (χ2n) is 1.98. The van der Waals surface area contributed by atoms with Gasteiger partial charge in [-0.1, -0.05) is 43.5 Å². The van der Waals surface area contributed by atoms with Crippen LogP contribution in [0.15, 0.2) is 16.6 Å². The molecule has 60 valence electrons. The Labute approximate surface area is 86.0 Å². The van der Waals surface area contributed by atoms with Gasteiger partial charge in [-0.05, 0) is 12.1 Å². The molecule has 4 heteroatoms. The van der Waals surface area contributed by atoms with Crippen LogP contribution >= 0.6 is 43.5 Å². The average molecular weight is 302 g/mol. The summed E-state index contributed by atoms with van der Waals surface area (Å²) in [7, 11) is 0. The highest BCUT2D eigenvalue weighted by Gasteiger charge is 2.06. The van der Waals surface area contributed by atoms with Crippen molar-refractivity contribution in [3.63, 3.8) is 0 Å². The maximum atomic E-state index is 13.0. The van der Waals surface area contributed by atoms with Crippen LogP contribution in [-0.4, -0.2) is 0 Å². The molecule has 0 unspecified atom stereocenters. The number of hydrogen-bond acceptors (Lipinski definition) is 0. The van der Waals surface area contributed by atoms with Crippen molar-refractivity contribution in [1.82, 2.24) is 0 Å². The van der Waals surface area contributed by atoms with Crippen LogP contribution in [0.25, 0.3) is 0 Å². The van der Waals surface area contributed by atoms with Gasteiger partial charge in [-0.3, -0.25) is 0 Å². The molecule has 0 radical (unpaired) electrons. The second kappa shape index (κ2) is 3.87. The first-order valence-electron chi connectivity index (χ1n) is 2.84. The van der Waals surface area contributed by atoms with E-state index in [0.29, 0.717) is 20.4 Å². The molecule has 0 N–H and O–H groups in total. The van der Waals surface area contributed by atoms with Crippen molar-refractivity contribution in [2.75, 3.05) is 0 Å². The highest BCUT2D eigenvalue weighted by atomic mass is 79.9. The summed E-state index contributed by atoms with van der Waals surface area (Å²) in [5.74, 6) is -0.291. The molecule has 11 heavy (non-hydrogen) atoms. The lowest BCUT2D eigenvalue weighted by molar-refractivity contribution is 0.616. The lowest BCUT2D eigenvalue weighted by Crippen LogP contribution is -1.87. The van der Waals surface area contributed by atoms with E-state index in [4.69, 9.17) is 11.6 Å². The molecule has 1 aromatic rings. The Balaban J connectivity index is 3.25. The summed E-state index contributed by atoms with van der Waals surface area (Å²) < 4.78 is 13.7. The Bertz CT molecular complexity index is 252. The lowest BCUT2D eigenvalue weighted by Gasteiger charge is -2.01. The Hall–Kier alpha value is 0.400. The molecule has 0 fully saturated rings. The molecule has 1 rings (SSSR count). The van der Waals surface area contributed by atoms with Crippen LogP contribution in [0, 0.1) is 5.82 Å². The molecule has 0 nitrogen and oxygen atoms in total. The largest absolute Gasteiger partial charge is 0.207 e. The zero-order valence-corrected chi connectivity index (χ0v) is 9.30. The van der Waals surface area contributed by atoms with Gasteiger partial charge >= 0.3 is 0 Å². The van der Waals surface area contributed by atoms with Crippen LogP contribution in [0.5, 0.6) is 0 Å². The van der Waals surface area contributed by atoms with E-state index >= 15 is 0 Å². The summed E-state index contributed by atoms with van der Waals surface area (Å²) >= 11 is 12.0. The van der Waals surface area contributed by atoms with E-state index in [0.717, 1.165) is 0 Å². The second-order valence-corrected chi connectivity index (χ2v) is 3.83. The zero-order chi connectivity index (χ0) is 8.43. The number of halogens is 4. The van der Waals surface area contributed by atoms with Crippen LogP contribution in [0.2, 0.25) is 5.02 Å². The van der Waals surface area contributed by atoms with Gasteiger partial charge in [-0.2, -0.15) is 0 Å². The quantitative estimate of drug-likeness (QED) is 0.684. The van der Waals surface area contributed by atoms with Crippen LogP contribution in [0.4, 0.5) is 4.39 Å². The van der Waals surface area contributed by atoms with Crippen LogP contribution < -0.4 is 0 Å². The van der Waals surface area contributed by atoms with Crippen LogP contribution in [-0.2, 0) is 5.33 Å². The van der Waals surface area contributed by atoms with E-state index in [1.54, 1.807) is 6.07 Å². The lowest BCUT2D eigenvalue weighted by atomic mass is 10.2. The van der Waals surface area contributed by atoms with Crippen molar-refractivity contribution in [3.05, 3.63) is 33.0 Å². The van der Waals surface area contributed by atoms with E-state index in [2.05, 4.69) is 31.9 Å². The maximum Gasteiger partial charge on any atom is 0.129 e. The monoisotopic (exact) mass is 300 g/mol. The average Bonchev–Trinajstić information content (AvgIpc) is 1.85. The topological polar surface area (TPSA) is 0 Å². The minimum Gasteiger partial charge on any atom is -0.207 e. The molecule has 0 saturated carbocycles. The van der Waals surface area contributed by atoms with E-state index in [-0.39, 0.29) is 5.82 Å². The molecule has 0 aromatic heterocycles. The van der Waals surface area contributed by atoms with Gasteiger partial charge in [0.15, 0.2) is 0 Å². The number of alkyl halides is 1. The van der Waals surface area contributed by atoms with Crippen LogP contribution in [0.3, 0.4) is 0 Å². The molecule has 0 spiro atoms. The Morgan fingerprint density at radius 1 is 1.45 bits per heavy atom. The van der Waals surface area contributed by atoms with Gasteiger partial charge in [0.05, 0.1) is 0 Å². The molecule has 0 heterocycles. The van der Waals surface area contributed by atoms with E-state index in [1.807, 2.05) is 0 Å². The minimum absolute atomic E-state index is 0.291. The standard InChI is InChI=1S/C7H4Br2ClF/c8-3-5-6(9)1-4(10)2-7(5)11/h1-2H,3H2. The first kappa shape index (κ1) is 9.49. The summed E-state index contributed by atoms with van der Waals surface area (Å²) in [6.07, 6.45) is 0. The minimum atomic E-state index is -0.291. The van der Waals surface area contributed by atoms with Gasteiger partial charge in [0.25, 0.3) is 0 Å². The molecule has 0 aliphatic rings. The van der Waals surface area contributed by atoms with Crippen molar-refractivity contribution < 1.29 is 4.39 Å². The van der Waals surface area contributed by atoms with E-state index in [1.165, 1.54) is 6.07 Å². The number of rotatable bonds is 1. The Morgan fingerprint density at radius 2 is 2.09 bits per heavy atom. The summed E-state index contributed by atoms with van der Waals surface area (Å²) in [5.41, 5.74) is 0.592. The number of benzene rings is 1. The third-order valence-electron chi connectivity index (χ3n) is 1.24. The molecule has 0 atom stereocenters. The maximum absolute atomic E-state index is 13.0. The highest BCUT2D eigenvalue weighted by Crippen LogP contribution is 2.26. The molecule has 0 bridgehead atoms. The van der Waals surface area contributed by atoms with E-state index < -0.39 is 0 Å². The third kappa shape index (κ3) is 2.17. The van der Waals surface area contributed by atoms with Crippen molar-refractivity contribution in [2.45, 2.75) is 5.33 Å². The third-order valence-corrected chi connectivity index (χ3v) is 2.73. The van der Waals surface area contributed by atoms with Gasteiger partial charge in [0.1, 0.15) is 5.82 Å². The van der Waals surface area contributed by atoms with Crippen molar-refractivity contribution in [1.29, 1.82) is 0 Å². The summed E-state index contributed by atoms with van der Waals surface area (Å²) in [4.78, 5) is 0. The summed E-state index contributed by atoms with van der Waals surface area (Å²) in [6.45, 7) is 0. The normalized spacial score (nSPS) is 10.2. The van der Waals surface area contributed by atoms with Gasteiger partial charge < -0.3 is 0 Å². The van der Waals surface area contributed by atoms with Gasteiger partial charge in [-0.25, -0.2) is 4.39 Å². The van der Waals surface area contributed by atoms with Crippen LogP contribution in [0.1, 0.15) is 5.56 Å². The zero-order valence-electron chi connectivity index (χ0n) is 5.37. The SMILES string of the molecule is Fc1cc(Cl)cc(Br)c1CBr. The highest BCUT2D eigenvalue weighted by molar-refractivity contribution is 9.10. The van der Waals surface area contributed by atoms with Gasteiger partial charge in [0.2, 0.25) is 0 Å². The fourth-order valence-corrected chi connectivity index (χ4v) is 2.56. The molecule has 0 aliphatic heterocycles. The van der Waals surface area contributed by atoms with E-state index in [9.17, 15) is 4.39 Å². The Kier molecular flexibility index (Phi) is 3.34. The predicted molar refractivity (Wildman–Crippen MR) is 51.7 cm³/mol. The summed E-state index contributed by atoms with van der Waals surface area (Å²) in [6, 6.07) is 2.96.